The molecule has 1 aromatic heterocycles. The lowest BCUT2D eigenvalue weighted by molar-refractivity contribution is 0.590. The molecule has 0 unspecified atom stereocenters. The van der Waals surface area contributed by atoms with Crippen LogP contribution in [0.3, 0.4) is 0 Å². The van der Waals surface area contributed by atoms with Crippen LogP contribution in [0, 0.1) is 6.92 Å². The van der Waals surface area contributed by atoms with Gasteiger partial charge in [-0.1, -0.05) is 126 Å². The summed E-state index contributed by atoms with van der Waals surface area (Å²) in [6.07, 6.45) is 0. The third-order valence-corrected chi connectivity index (χ3v) is 12.7. The number of nitrogens with zero attached hydrogens (tertiary/aromatic N) is 2. The second-order valence-corrected chi connectivity index (χ2v) is 20.8. The summed E-state index contributed by atoms with van der Waals surface area (Å²) >= 11 is 1.99. The summed E-state index contributed by atoms with van der Waals surface area (Å²) in [4.78, 5) is 5.17. The summed E-state index contributed by atoms with van der Waals surface area (Å²) in [7, 11) is 0. The maximum absolute atomic E-state index is 2.61. The van der Waals surface area contributed by atoms with Crippen LogP contribution in [0.25, 0.3) is 10.1 Å². The number of aryl methyl sites for hydroxylation is 1. The molecule has 2 aliphatic rings. The molecule has 0 aliphatic carbocycles. The molecule has 0 bridgehead atoms. The molecule has 3 heterocycles. The second kappa shape index (κ2) is 11.9. The first-order valence-electron chi connectivity index (χ1n) is 19.4. The Labute approximate surface area is 323 Å². The molecule has 2 aliphatic heterocycles. The van der Waals surface area contributed by atoms with E-state index in [0.717, 1.165) is 0 Å². The van der Waals surface area contributed by atoms with Crippen LogP contribution < -0.4 is 25.5 Å². The largest absolute Gasteiger partial charge is 0.311 e. The van der Waals surface area contributed by atoms with Gasteiger partial charge < -0.3 is 9.80 Å². The standard InChI is InChI=1S/C49H55BN2S/c1-30-25-40-43-41(26-30)52(35-21-17-31(18-22-35)46(2,3)4)44-37-28-33(48(8,9)10)20-24-42(37)53-45(44)50(43)38-29-34(49(11,12)13)19-23-39(38)51(40)36-16-14-15-32(27-36)47(5,6)7/h14-29H,1-13H3. The number of hydrogen-bond acceptors (Lipinski definition) is 3. The van der Waals surface area contributed by atoms with E-state index in [2.05, 4.69) is 197 Å². The predicted octanol–water partition coefficient (Wildman–Crippen LogP) is 12.5. The smallest absolute Gasteiger partial charge is 0.264 e. The predicted molar refractivity (Wildman–Crippen MR) is 235 cm³/mol. The third kappa shape index (κ3) is 5.93. The fourth-order valence-electron chi connectivity index (χ4n) is 8.32. The number of benzene rings is 5. The monoisotopic (exact) mass is 714 g/mol. The molecular formula is C49H55BN2S. The summed E-state index contributed by atoms with van der Waals surface area (Å²) in [5, 5.41) is 1.35. The van der Waals surface area contributed by atoms with E-state index in [-0.39, 0.29) is 28.4 Å². The van der Waals surface area contributed by atoms with Gasteiger partial charge in [-0.05, 0) is 122 Å². The molecule has 6 aromatic rings. The molecule has 8 rings (SSSR count). The van der Waals surface area contributed by atoms with Gasteiger partial charge in [-0.3, -0.25) is 0 Å². The zero-order valence-corrected chi connectivity index (χ0v) is 34.9. The summed E-state index contributed by atoms with van der Waals surface area (Å²) in [6, 6.07) is 38.1. The van der Waals surface area contributed by atoms with Gasteiger partial charge in [-0.2, -0.15) is 0 Å². The molecule has 0 radical (unpaired) electrons. The normalized spacial score (nSPS) is 14.4. The maximum Gasteiger partial charge on any atom is 0.264 e. The van der Waals surface area contributed by atoms with Gasteiger partial charge in [0.1, 0.15) is 0 Å². The topological polar surface area (TPSA) is 6.48 Å². The molecular weight excluding hydrogens is 659 g/mol. The zero-order chi connectivity index (χ0) is 38.0. The highest BCUT2D eigenvalue weighted by Crippen LogP contribution is 2.49. The van der Waals surface area contributed by atoms with Crippen LogP contribution >= 0.6 is 11.3 Å². The SMILES string of the molecule is Cc1cc2c3c(c1)N(c1ccc(C(C)(C)C)cc1)c1c(sc4ccc(C(C)(C)C)cc14)B3c1cc(C(C)(C)C)ccc1N2c1cccc(C(C)(C)C)c1. The average Bonchev–Trinajstić information content (AvgIpc) is 3.45. The molecule has 270 valence electrons. The van der Waals surface area contributed by atoms with Crippen molar-refractivity contribution in [2.75, 3.05) is 9.80 Å². The van der Waals surface area contributed by atoms with Gasteiger partial charge in [0.2, 0.25) is 0 Å². The number of anilines is 6. The van der Waals surface area contributed by atoms with Crippen LogP contribution in [-0.2, 0) is 21.7 Å². The Morgan fingerprint density at radius 3 is 1.66 bits per heavy atom. The van der Waals surface area contributed by atoms with Gasteiger partial charge in [-0.15, -0.1) is 11.3 Å². The molecule has 0 spiro atoms. The van der Waals surface area contributed by atoms with E-state index in [9.17, 15) is 0 Å². The van der Waals surface area contributed by atoms with E-state index in [0.29, 0.717) is 0 Å². The van der Waals surface area contributed by atoms with Crippen molar-refractivity contribution in [1.82, 2.24) is 0 Å². The molecule has 53 heavy (non-hydrogen) atoms. The Morgan fingerprint density at radius 1 is 0.491 bits per heavy atom. The van der Waals surface area contributed by atoms with E-state index >= 15 is 0 Å². The van der Waals surface area contributed by atoms with Crippen molar-refractivity contribution in [3.63, 3.8) is 0 Å². The van der Waals surface area contributed by atoms with Crippen LogP contribution in [-0.4, -0.2) is 6.71 Å². The summed E-state index contributed by atoms with van der Waals surface area (Å²) in [5.41, 5.74) is 17.2. The Morgan fingerprint density at radius 2 is 1.04 bits per heavy atom. The molecule has 0 saturated carbocycles. The highest BCUT2D eigenvalue weighted by Gasteiger charge is 2.46. The minimum absolute atomic E-state index is 0.0164. The van der Waals surface area contributed by atoms with Crippen molar-refractivity contribution in [1.29, 1.82) is 0 Å². The van der Waals surface area contributed by atoms with Crippen molar-refractivity contribution in [2.45, 2.75) is 112 Å². The van der Waals surface area contributed by atoms with Crippen molar-refractivity contribution < 1.29 is 0 Å². The van der Waals surface area contributed by atoms with E-state index in [1.165, 1.54) is 87.7 Å². The minimum atomic E-state index is 0.0164. The van der Waals surface area contributed by atoms with E-state index < -0.39 is 0 Å². The highest BCUT2D eigenvalue weighted by atomic mass is 32.1. The van der Waals surface area contributed by atoms with Crippen molar-refractivity contribution in [3.8, 4) is 0 Å². The first kappa shape index (κ1) is 35.7. The highest BCUT2D eigenvalue weighted by molar-refractivity contribution is 7.33. The van der Waals surface area contributed by atoms with E-state index in [1.54, 1.807) is 0 Å². The van der Waals surface area contributed by atoms with Crippen LogP contribution in [0.1, 0.15) is 111 Å². The quantitative estimate of drug-likeness (QED) is 0.165. The molecule has 0 atom stereocenters. The second-order valence-electron chi connectivity index (χ2n) is 19.7. The van der Waals surface area contributed by atoms with E-state index in [1.807, 2.05) is 11.3 Å². The number of rotatable bonds is 2. The Bertz CT molecular complexity index is 2400. The van der Waals surface area contributed by atoms with Crippen molar-refractivity contribution >= 4 is 78.0 Å². The third-order valence-electron chi connectivity index (χ3n) is 11.5. The van der Waals surface area contributed by atoms with Gasteiger partial charge in [0.15, 0.2) is 0 Å². The van der Waals surface area contributed by atoms with Crippen LogP contribution in [0.4, 0.5) is 34.1 Å². The number of hydrogen-bond donors (Lipinski definition) is 0. The van der Waals surface area contributed by atoms with Crippen LogP contribution in [0.2, 0.25) is 0 Å². The van der Waals surface area contributed by atoms with Crippen LogP contribution in [0.5, 0.6) is 0 Å². The fourth-order valence-corrected chi connectivity index (χ4v) is 9.62. The molecule has 0 fully saturated rings. The number of thiophene rings is 1. The van der Waals surface area contributed by atoms with Gasteiger partial charge >= 0.3 is 0 Å². The minimum Gasteiger partial charge on any atom is -0.311 e. The zero-order valence-electron chi connectivity index (χ0n) is 34.1. The lowest BCUT2D eigenvalue weighted by Crippen LogP contribution is -2.60. The first-order valence-corrected chi connectivity index (χ1v) is 20.2. The van der Waals surface area contributed by atoms with E-state index in [4.69, 9.17) is 0 Å². The van der Waals surface area contributed by atoms with Gasteiger partial charge in [-0.25, -0.2) is 0 Å². The molecule has 0 N–H and O–H groups in total. The summed E-state index contributed by atoms with van der Waals surface area (Å²) in [6.45, 7) is 30.2. The average molecular weight is 715 g/mol. The van der Waals surface area contributed by atoms with Gasteiger partial charge in [0, 0.05) is 43.3 Å². The molecule has 0 amide bonds. The van der Waals surface area contributed by atoms with Crippen molar-refractivity contribution in [2.24, 2.45) is 0 Å². The Kier molecular flexibility index (Phi) is 8.00. The van der Waals surface area contributed by atoms with Gasteiger partial charge in [0.25, 0.3) is 6.71 Å². The lowest BCUT2D eigenvalue weighted by atomic mass is 9.36. The molecule has 0 saturated heterocycles. The molecule has 5 aromatic carbocycles. The van der Waals surface area contributed by atoms with Crippen LogP contribution in [0.15, 0.2) is 97.1 Å². The lowest BCUT2D eigenvalue weighted by Gasteiger charge is -2.44. The van der Waals surface area contributed by atoms with Crippen molar-refractivity contribution in [3.05, 3.63) is 125 Å². The first-order chi connectivity index (χ1) is 24.7. The Hall–Kier alpha value is -4.28. The number of fused-ring (bicyclic) bond motifs is 6. The molecule has 4 heteroatoms. The summed E-state index contributed by atoms with van der Waals surface area (Å²) in [5.74, 6) is 0. The maximum atomic E-state index is 2.61. The van der Waals surface area contributed by atoms with Gasteiger partial charge in [0.05, 0.1) is 5.69 Å². The molecule has 2 nitrogen and oxygen atoms in total. The Balaban J connectivity index is 1.49. The summed E-state index contributed by atoms with van der Waals surface area (Å²) < 4.78 is 2.78. The fraction of sp³-hybridized carbons (Fsp3) is 0.347.